The van der Waals surface area contributed by atoms with Crippen molar-refractivity contribution >= 4 is 34.8 Å². The van der Waals surface area contributed by atoms with E-state index in [1.165, 1.54) is 21.4 Å². The molecule has 1 amide bonds. The van der Waals surface area contributed by atoms with Crippen LogP contribution in [-0.4, -0.2) is 79.9 Å². The number of rotatable bonds is 9. The molecule has 8 rings (SSSR count). The molecule has 4 aromatic rings. The Morgan fingerprint density at radius 3 is 2.62 bits per heavy atom. The second kappa shape index (κ2) is 13.3. The average molecular weight is 676 g/mol. The lowest BCUT2D eigenvalue weighted by atomic mass is 9.97. The van der Waals surface area contributed by atoms with Crippen LogP contribution in [0.5, 0.6) is 0 Å². The number of carbonyl (C=O) groups is 2. The highest BCUT2D eigenvalue weighted by Gasteiger charge is 2.33. The first-order chi connectivity index (χ1) is 24.3. The van der Waals surface area contributed by atoms with Crippen molar-refractivity contribution in [3.05, 3.63) is 93.4 Å². The fourth-order valence-corrected chi connectivity index (χ4v) is 7.76. The number of carboxylic acid groups (broad SMARTS) is 1. The van der Waals surface area contributed by atoms with Crippen molar-refractivity contribution in [3.8, 4) is 11.1 Å². The van der Waals surface area contributed by atoms with Crippen molar-refractivity contribution < 1.29 is 19.4 Å². The summed E-state index contributed by atoms with van der Waals surface area (Å²) in [6, 6.07) is 10.0. The van der Waals surface area contributed by atoms with Crippen molar-refractivity contribution in [2.45, 2.75) is 57.5 Å². The molecule has 4 aromatic heterocycles. The number of carbonyl (C=O) groups excluding carboxylic acids is 1. The highest BCUT2D eigenvalue weighted by Crippen LogP contribution is 2.35. The van der Waals surface area contributed by atoms with E-state index in [-0.39, 0.29) is 24.3 Å². The fraction of sp³-hybridized carbons (Fsp3) is 0.395. The number of hydrogen-bond donors (Lipinski definition) is 2. The second-order valence-corrected chi connectivity index (χ2v) is 13.7. The van der Waals surface area contributed by atoms with E-state index < -0.39 is 5.97 Å². The van der Waals surface area contributed by atoms with Crippen LogP contribution < -0.4 is 15.8 Å². The lowest BCUT2D eigenvalue weighted by Crippen LogP contribution is -2.50. The lowest BCUT2D eigenvalue weighted by molar-refractivity contribution is -0.136. The molecule has 4 aliphatic rings. The van der Waals surface area contributed by atoms with Crippen LogP contribution in [0.3, 0.4) is 0 Å². The third kappa shape index (κ3) is 6.02. The van der Waals surface area contributed by atoms with Gasteiger partial charge in [-0.1, -0.05) is 6.08 Å². The van der Waals surface area contributed by atoms with E-state index in [0.29, 0.717) is 53.3 Å². The summed E-state index contributed by atoms with van der Waals surface area (Å²) in [6.07, 6.45) is 12.7. The van der Waals surface area contributed by atoms with Gasteiger partial charge >= 0.3 is 5.97 Å². The van der Waals surface area contributed by atoms with Crippen LogP contribution in [0.25, 0.3) is 16.7 Å². The normalized spacial score (nSPS) is 17.9. The predicted molar refractivity (Wildman–Crippen MR) is 190 cm³/mol. The van der Waals surface area contributed by atoms with Crippen molar-refractivity contribution in [3.63, 3.8) is 0 Å². The molecule has 7 heterocycles. The van der Waals surface area contributed by atoms with E-state index in [1.807, 2.05) is 30.5 Å². The van der Waals surface area contributed by atoms with Crippen molar-refractivity contribution in [1.29, 1.82) is 0 Å². The first-order valence-electron chi connectivity index (χ1n) is 17.5. The summed E-state index contributed by atoms with van der Waals surface area (Å²) in [5.41, 5.74) is 7.69. The van der Waals surface area contributed by atoms with Crippen molar-refractivity contribution in [2.75, 3.05) is 43.1 Å². The van der Waals surface area contributed by atoms with Gasteiger partial charge in [0, 0.05) is 75.1 Å². The number of anilines is 3. The molecule has 1 fully saturated rings. The average Bonchev–Trinajstić information content (AvgIpc) is 3.49. The van der Waals surface area contributed by atoms with Crippen LogP contribution >= 0.6 is 0 Å². The minimum absolute atomic E-state index is 0.126. The summed E-state index contributed by atoms with van der Waals surface area (Å²) in [6.45, 7) is 4.62. The molecule has 3 aliphatic heterocycles. The Bertz CT molecular complexity index is 2060. The van der Waals surface area contributed by atoms with Crippen LogP contribution in [0.15, 0.2) is 59.8 Å². The molecule has 12 heteroatoms. The maximum Gasteiger partial charge on any atom is 0.303 e. The summed E-state index contributed by atoms with van der Waals surface area (Å²) < 4.78 is 9.01. The van der Waals surface area contributed by atoms with Gasteiger partial charge in [-0.3, -0.25) is 24.2 Å². The van der Waals surface area contributed by atoms with Crippen molar-refractivity contribution in [1.82, 2.24) is 24.0 Å². The molecule has 2 N–H and O–H groups in total. The maximum absolute atomic E-state index is 14.0. The Labute approximate surface area is 290 Å². The number of nitrogens with one attached hydrogen (secondary N) is 1. The highest BCUT2D eigenvalue weighted by molar-refractivity contribution is 6.06. The second-order valence-electron chi connectivity index (χ2n) is 13.7. The van der Waals surface area contributed by atoms with E-state index in [9.17, 15) is 19.5 Å². The molecule has 1 aliphatic carbocycles. The Hall–Kier alpha value is -5.07. The minimum atomic E-state index is -0.941. The van der Waals surface area contributed by atoms with Crippen molar-refractivity contribution in [2.24, 2.45) is 7.05 Å². The smallest absolute Gasteiger partial charge is 0.303 e. The lowest BCUT2D eigenvalue weighted by Gasteiger charge is -2.38. The molecule has 50 heavy (non-hydrogen) atoms. The molecule has 12 nitrogen and oxygen atoms in total. The number of nitrogens with zero attached hydrogens (tertiary/aromatic N) is 6. The molecule has 0 bridgehead atoms. The summed E-state index contributed by atoms with van der Waals surface area (Å²) in [4.78, 5) is 52.6. The van der Waals surface area contributed by atoms with Crippen LogP contribution in [-0.2, 0) is 42.4 Å². The largest absolute Gasteiger partial charge is 0.481 e. The topological polar surface area (TPSA) is 135 Å². The molecule has 0 spiro atoms. The van der Waals surface area contributed by atoms with Gasteiger partial charge < -0.3 is 24.3 Å². The van der Waals surface area contributed by atoms with E-state index in [4.69, 9.17) is 4.74 Å². The summed E-state index contributed by atoms with van der Waals surface area (Å²) in [5.74, 6) is -0.0675. The highest BCUT2D eigenvalue weighted by atomic mass is 16.5. The summed E-state index contributed by atoms with van der Waals surface area (Å²) in [5, 5.41) is 12.9. The number of aliphatic carboxylic acids is 1. The Morgan fingerprint density at radius 1 is 1.02 bits per heavy atom. The number of ether oxygens (including phenoxy) is 1. The molecule has 0 radical (unpaired) electrons. The zero-order valence-corrected chi connectivity index (χ0v) is 28.2. The van der Waals surface area contributed by atoms with E-state index in [2.05, 4.69) is 30.8 Å². The van der Waals surface area contributed by atoms with E-state index in [1.54, 1.807) is 30.4 Å². The number of aromatic nitrogens is 4. The molecular formula is C38H41N7O5. The van der Waals surface area contributed by atoms with Gasteiger partial charge in [0.05, 0.1) is 19.3 Å². The molecule has 0 unspecified atom stereocenters. The molecule has 1 saturated heterocycles. The molecule has 0 atom stereocenters. The van der Waals surface area contributed by atoms with Gasteiger partial charge in [0.15, 0.2) is 0 Å². The quantitative estimate of drug-likeness (QED) is 0.264. The number of fused-ring (bicyclic) bond motifs is 3. The van der Waals surface area contributed by atoms with E-state index in [0.717, 1.165) is 69.5 Å². The van der Waals surface area contributed by atoms with Gasteiger partial charge in [0.2, 0.25) is 0 Å². The summed E-state index contributed by atoms with van der Waals surface area (Å²) in [7, 11) is 1.69. The first-order valence-corrected chi connectivity index (χ1v) is 17.5. The molecule has 0 aromatic carbocycles. The standard InChI is InChI=1S/C38H41N7O5/c1-42-21-27(18-31(37(42)48)41-34-8-6-26(20-40-34)24-11-14-43(15-12-24)28-22-50-23-28)29-10-13-39-36(30(29)7-9-35(46)47)45-17-16-44-32-5-3-2-4-25(32)19-33(44)38(45)49/h6,8,10-11,13,18-21,28H,2-5,7,9,12,14-17,22-23H2,1H3,(H,40,41)(H,46,47). The number of amides is 1. The molecule has 258 valence electrons. The van der Waals surface area contributed by atoms with Gasteiger partial charge in [-0.05, 0) is 91.1 Å². The van der Waals surface area contributed by atoms with Crippen LogP contribution in [0.1, 0.15) is 58.6 Å². The van der Waals surface area contributed by atoms with Crippen LogP contribution in [0.4, 0.5) is 17.3 Å². The number of aryl methyl sites for hydroxylation is 2. The zero-order chi connectivity index (χ0) is 34.4. The van der Waals surface area contributed by atoms with E-state index >= 15 is 0 Å². The van der Waals surface area contributed by atoms with Crippen LogP contribution in [0, 0.1) is 0 Å². The monoisotopic (exact) mass is 675 g/mol. The zero-order valence-electron chi connectivity index (χ0n) is 28.2. The van der Waals surface area contributed by atoms with Gasteiger partial charge in [-0.15, -0.1) is 0 Å². The van der Waals surface area contributed by atoms with Gasteiger partial charge in [0.25, 0.3) is 11.5 Å². The molecular weight excluding hydrogens is 634 g/mol. The number of pyridine rings is 3. The first kappa shape index (κ1) is 32.2. The third-order valence-corrected chi connectivity index (χ3v) is 10.6. The third-order valence-electron chi connectivity index (χ3n) is 10.6. The number of carboxylic acids is 1. The number of hydrogen-bond acceptors (Lipinski definition) is 8. The Morgan fingerprint density at radius 2 is 1.88 bits per heavy atom. The maximum atomic E-state index is 14.0. The Kier molecular flexibility index (Phi) is 8.57. The molecule has 0 saturated carbocycles. The predicted octanol–water partition coefficient (Wildman–Crippen LogP) is 4.43. The van der Waals surface area contributed by atoms with Gasteiger partial charge in [-0.2, -0.15) is 0 Å². The SMILES string of the molecule is Cn1cc(-c2ccnc(N3CCn4c(cc5c4CCCC5)C3=O)c2CCC(=O)O)cc(Nc2ccc(C3=CCN(C4COC4)CC3)cn2)c1=O. The minimum Gasteiger partial charge on any atom is -0.481 e. The Balaban J connectivity index is 1.08. The van der Waals surface area contributed by atoms with Crippen LogP contribution in [0.2, 0.25) is 0 Å². The van der Waals surface area contributed by atoms with Gasteiger partial charge in [-0.25, -0.2) is 9.97 Å². The summed E-state index contributed by atoms with van der Waals surface area (Å²) >= 11 is 0. The fourth-order valence-electron chi connectivity index (χ4n) is 7.76. The van der Waals surface area contributed by atoms with Gasteiger partial charge in [0.1, 0.15) is 23.0 Å².